The summed E-state index contributed by atoms with van der Waals surface area (Å²) in [5, 5.41) is 2.97. The summed E-state index contributed by atoms with van der Waals surface area (Å²) in [4.78, 5) is 12.3. The van der Waals surface area contributed by atoms with Crippen molar-refractivity contribution in [3.8, 4) is 0 Å². The van der Waals surface area contributed by atoms with Crippen LogP contribution in [0, 0.1) is 10.8 Å². The molecule has 1 saturated heterocycles. The fourth-order valence-electron chi connectivity index (χ4n) is 2.60. The first-order valence-electron chi connectivity index (χ1n) is 7.21. The maximum atomic E-state index is 12.3. The Morgan fingerprint density at radius 1 is 1.40 bits per heavy atom. The molecule has 1 amide bonds. The molecule has 0 radical (unpaired) electrons. The molecule has 0 aromatic heterocycles. The van der Waals surface area contributed by atoms with E-state index in [0.29, 0.717) is 13.2 Å². The molecule has 1 unspecified atom stereocenters. The lowest BCUT2D eigenvalue weighted by atomic mass is 9.74. The topological polar surface area (TPSA) is 47.6 Å². The molecule has 0 bridgehead atoms. The molecule has 0 saturated carbocycles. The number of amides is 1. The van der Waals surface area contributed by atoms with Gasteiger partial charge in [-0.1, -0.05) is 33.8 Å². The number of ether oxygens (including phenoxy) is 2. The number of hydrogen-bond acceptors (Lipinski definition) is 3. The average Bonchev–Trinajstić information content (AvgIpc) is 2.64. The van der Waals surface area contributed by atoms with Crippen LogP contribution in [-0.4, -0.2) is 30.9 Å². The van der Waals surface area contributed by atoms with Crippen molar-refractivity contribution in [2.45, 2.75) is 59.9 Å². The summed E-state index contributed by atoms with van der Waals surface area (Å²) in [5.41, 5.74) is -0.498. The van der Waals surface area contributed by atoms with Crippen molar-refractivity contribution < 1.29 is 14.3 Å². The Balaban J connectivity index is 2.48. The summed E-state index contributed by atoms with van der Waals surface area (Å²) < 4.78 is 11.2. The summed E-state index contributed by atoms with van der Waals surface area (Å²) in [5.74, 6) is -0.504. The van der Waals surface area contributed by atoms with Gasteiger partial charge < -0.3 is 14.8 Å². The monoisotopic (exact) mass is 283 g/mol. The van der Waals surface area contributed by atoms with E-state index in [1.165, 1.54) is 0 Å². The maximum absolute atomic E-state index is 12.3. The van der Waals surface area contributed by atoms with E-state index in [-0.39, 0.29) is 17.4 Å². The van der Waals surface area contributed by atoms with Crippen molar-refractivity contribution in [2.75, 3.05) is 13.2 Å². The third-order valence-electron chi connectivity index (χ3n) is 3.62. The number of carbonyl (C=O) groups excluding carboxylic acids is 1. The van der Waals surface area contributed by atoms with Gasteiger partial charge in [0.25, 0.3) is 0 Å². The Hall–Kier alpha value is -0.870. The zero-order chi connectivity index (χ0) is 15.6. The van der Waals surface area contributed by atoms with Crippen LogP contribution in [0.1, 0.15) is 48.0 Å². The molecule has 0 aromatic rings. The van der Waals surface area contributed by atoms with Crippen LogP contribution in [0.15, 0.2) is 12.7 Å². The van der Waals surface area contributed by atoms with Gasteiger partial charge in [-0.3, -0.25) is 4.79 Å². The normalized spacial score (nSPS) is 22.6. The summed E-state index contributed by atoms with van der Waals surface area (Å²) in [6.07, 6.45) is 2.58. The number of nitrogens with one attached hydrogen (secondary N) is 1. The van der Waals surface area contributed by atoms with E-state index in [1.807, 2.05) is 33.8 Å². The Labute approximate surface area is 122 Å². The summed E-state index contributed by atoms with van der Waals surface area (Å²) in [7, 11) is 0. The molecule has 4 heteroatoms. The highest BCUT2D eigenvalue weighted by Gasteiger charge is 2.36. The van der Waals surface area contributed by atoms with E-state index in [1.54, 1.807) is 0 Å². The molecule has 1 atom stereocenters. The highest BCUT2D eigenvalue weighted by molar-refractivity contribution is 5.81. The Morgan fingerprint density at radius 3 is 2.45 bits per heavy atom. The molecule has 0 aromatic carbocycles. The van der Waals surface area contributed by atoms with Crippen molar-refractivity contribution in [2.24, 2.45) is 10.8 Å². The molecule has 1 aliphatic heterocycles. The van der Waals surface area contributed by atoms with Crippen LogP contribution in [0.4, 0.5) is 0 Å². The molecule has 1 N–H and O–H groups in total. The number of allylic oxidation sites excluding steroid dienone is 1. The number of hydrogen-bond donors (Lipinski definition) is 1. The van der Waals surface area contributed by atoms with E-state index in [2.05, 4.69) is 25.7 Å². The van der Waals surface area contributed by atoms with Crippen molar-refractivity contribution >= 4 is 5.91 Å². The lowest BCUT2D eigenvalue weighted by Gasteiger charge is -2.32. The SMILES string of the molecule is C=CC(C)(C)CC(C)(C)C(=O)NCC1COC(C)(C)O1. The van der Waals surface area contributed by atoms with Gasteiger partial charge >= 0.3 is 0 Å². The predicted molar refractivity (Wildman–Crippen MR) is 80.3 cm³/mol. The van der Waals surface area contributed by atoms with Crippen LogP contribution in [0.3, 0.4) is 0 Å². The molecule has 1 heterocycles. The second-order valence-corrected chi connectivity index (χ2v) is 7.41. The first kappa shape index (κ1) is 17.2. The van der Waals surface area contributed by atoms with Crippen LogP contribution in [0.25, 0.3) is 0 Å². The number of rotatable bonds is 6. The minimum Gasteiger partial charge on any atom is -0.353 e. The highest BCUT2D eigenvalue weighted by Crippen LogP contribution is 2.34. The Morgan fingerprint density at radius 2 is 2.00 bits per heavy atom. The minimum absolute atomic E-state index is 0.0423. The van der Waals surface area contributed by atoms with E-state index in [0.717, 1.165) is 6.42 Å². The molecule has 0 aliphatic carbocycles. The Bertz CT molecular complexity index is 372. The second kappa shape index (κ2) is 5.86. The molecule has 1 rings (SSSR count). The lowest BCUT2D eigenvalue weighted by Crippen LogP contribution is -2.43. The third-order valence-corrected chi connectivity index (χ3v) is 3.62. The van der Waals surface area contributed by atoms with Crippen LogP contribution < -0.4 is 5.32 Å². The standard InChI is InChI=1S/C16H29NO3/c1-8-14(2,3)11-15(4,5)13(18)17-9-12-10-19-16(6,7)20-12/h8,12H,1,9-11H2,2-7H3,(H,17,18). The summed E-state index contributed by atoms with van der Waals surface area (Å²) in [6, 6.07) is 0. The average molecular weight is 283 g/mol. The van der Waals surface area contributed by atoms with E-state index >= 15 is 0 Å². The van der Waals surface area contributed by atoms with Crippen LogP contribution in [-0.2, 0) is 14.3 Å². The molecule has 116 valence electrons. The maximum Gasteiger partial charge on any atom is 0.225 e. The summed E-state index contributed by atoms with van der Waals surface area (Å²) in [6.45, 7) is 16.7. The van der Waals surface area contributed by atoms with Crippen molar-refractivity contribution in [1.29, 1.82) is 0 Å². The van der Waals surface area contributed by atoms with E-state index < -0.39 is 11.2 Å². The molecule has 20 heavy (non-hydrogen) atoms. The van der Waals surface area contributed by atoms with Crippen molar-refractivity contribution in [1.82, 2.24) is 5.32 Å². The zero-order valence-electron chi connectivity index (χ0n) is 13.7. The van der Waals surface area contributed by atoms with Gasteiger partial charge in [0.2, 0.25) is 5.91 Å². The van der Waals surface area contributed by atoms with E-state index in [4.69, 9.17) is 9.47 Å². The lowest BCUT2D eigenvalue weighted by molar-refractivity contribution is -0.141. The van der Waals surface area contributed by atoms with E-state index in [9.17, 15) is 4.79 Å². The van der Waals surface area contributed by atoms with Crippen molar-refractivity contribution in [3.05, 3.63) is 12.7 Å². The van der Waals surface area contributed by atoms with Gasteiger partial charge in [0.1, 0.15) is 6.10 Å². The quantitative estimate of drug-likeness (QED) is 0.763. The van der Waals surface area contributed by atoms with Gasteiger partial charge in [0.05, 0.1) is 6.61 Å². The van der Waals surface area contributed by atoms with Gasteiger partial charge in [-0.25, -0.2) is 0 Å². The third kappa shape index (κ3) is 4.91. The van der Waals surface area contributed by atoms with Crippen LogP contribution >= 0.6 is 0 Å². The second-order valence-electron chi connectivity index (χ2n) is 7.41. The Kier molecular flexibility index (Phi) is 5.03. The highest BCUT2D eigenvalue weighted by atomic mass is 16.7. The fraction of sp³-hybridized carbons (Fsp3) is 0.812. The van der Waals surface area contributed by atoms with Gasteiger partial charge in [-0.15, -0.1) is 6.58 Å². The first-order chi connectivity index (χ1) is 8.97. The molecule has 0 spiro atoms. The molecule has 4 nitrogen and oxygen atoms in total. The van der Waals surface area contributed by atoms with Crippen molar-refractivity contribution in [3.63, 3.8) is 0 Å². The molecule has 1 aliphatic rings. The molecular weight excluding hydrogens is 254 g/mol. The van der Waals surface area contributed by atoms with Gasteiger partial charge in [-0.2, -0.15) is 0 Å². The van der Waals surface area contributed by atoms with Crippen LogP contribution in [0.5, 0.6) is 0 Å². The zero-order valence-corrected chi connectivity index (χ0v) is 13.7. The van der Waals surface area contributed by atoms with Gasteiger partial charge in [0, 0.05) is 12.0 Å². The van der Waals surface area contributed by atoms with Crippen LogP contribution in [0.2, 0.25) is 0 Å². The fourth-order valence-corrected chi connectivity index (χ4v) is 2.60. The van der Waals surface area contributed by atoms with Gasteiger partial charge in [-0.05, 0) is 25.7 Å². The minimum atomic E-state index is -0.546. The van der Waals surface area contributed by atoms with Gasteiger partial charge in [0.15, 0.2) is 5.79 Å². The largest absolute Gasteiger partial charge is 0.353 e. The molecule has 1 fully saturated rings. The smallest absolute Gasteiger partial charge is 0.225 e. The predicted octanol–water partition coefficient (Wildman–Crippen LogP) is 2.88. The first-order valence-corrected chi connectivity index (χ1v) is 7.21. The molecular formula is C16H29NO3. The summed E-state index contributed by atoms with van der Waals surface area (Å²) >= 11 is 0. The number of carbonyl (C=O) groups is 1.